The monoisotopic (exact) mass is 944 g/mol. The third-order valence-electron chi connectivity index (χ3n) is 14.0. The number of hydrogen-bond acceptors (Lipinski definition) is 5. The first-order valence-electron chi connectivity index (χ1n) is 30.1. The lowest BCUT2D eigenvalue weighted by molar-refractivity contribution is -0.143. The summed E-state index contributed by atoms with van der Waals surface area (Å²) in [6.45, 7) is 4.91. The molecule has 2 unspecified atom stereocenters. The van der Waals surface area contributed by atoms with E-state index in [1.807, 2.05) is 6.08 Å². The van der Waals surface area contributed by atoms with Gasteiger partial charge in [0.2, 0.25) is 5.91 Å². The molecule has 3 N–H and O–H groups in total. The van der Waals surface area contributed by atoms with Crippen LogP contribution in [-0.4, -0.2) is 47.4 Å². The maximum absolute atomic E-state index is 12.4. The molecule has 396 valence electrons. The fourth-order valence-corrected chi connectivity index (χ4v) is 9.34. The first-order chi connectivity index (χ1) is 33.0. The zero-order valence-corrected chi connectivity index (χ0v) is 45.1. The number of aliphatic hydroxyl groups is 2. The third-order valence-corrected chi connectivity index (χ3v) is 14.0. The number of allylic oxidation sites excluding steroid dienone is 3. The number of rotatable bonds is 56. The molecule has 0 fully saturated rings. The molecule has 0 aliphatic heterocycles. The molecular formula is C61H117NO5. The van der Waals surface area contributed by atoms with E-state index in [-0.39, 0.29) is 18.5 Å². The Labute approximate surface area is 418 Å². The van der Waals surface area contributed by atoms with Crippen molar-refractivity contribution in [3.05, 3.63) is 24.3 Å². The second kappa shape index (κ2) is 56.9. The Balaban J connectivity index is 3.41. The Morgan fingerprint density at radius 1 is 0.403 bits per heavy atom. The number of aliphatic hydroxyl groups excluding tert-OH is 2. The Kier molecular flexibility index (Phi) is 55.5. The molecule has 0 aromatic carbocycles. The minimum atomic E-state index is -0.848. The van der Waals surface area contributed by atoms with Gasteiger partial charge in [0.05, 0.1) is 25.4 Å². The van der Waals surface area contributed by atoms with E-state index in [2.05, 4.69) is 31.3 Å². The number of amides is 1. The summed E-state index contributed by atoms with van der Waals surface area (Å²) in [6, 6.07) is -0.632. The molecule has 0 aromatic rings. The van der Waals surface area contributed by atoms with E-state index in [1.165, 1.54) is 257 Å². The van der Waals surface area contributed by atoms with E-state index < -0.39 is 12.1 Å². The summed E-state index contributed by atoms with van der Waals surface area (Å²) in [5.74, 6) is -0.0641. The SMILES string of the molecule is CCCCCCCCCCCC/C=C/C(O)C(CO)NC(=O)CCCCCCCCC/C=C\CCCCCCCCCCCCOC(=O)CCCCCCCCCCCCCCCCCCC. The summed E-state index contributed by atoms with van der Waals surface area (Å²) in [5, 5.41) is 23.0. The van der Waals surface area contributed by atoms with Crippen molar-refractivity contribution in [2.45, 2.75) is 341 Å². The van der Waals surface area contributed by atoms with Gasteiger partial charge in [0.1, 0.15) is 0 Å². The van der Waals surface area contributed by atoms with Gasteiger partial charge in [-0.3, -0.25) is 9.59 Å². The Bertz CT molecular complexity index is 1040. The first-order valence-corrected chi connectivity index (χ1v) is 30.1. The van der Waals surface area contributed by atoms with E-state index in [4.69, 9.17) is 4.74 Å². The molecule has 2 atom stereocenters. The predicted molar refractivity (Wildman–Crippen MR) is 292 cm³/mol. The molecule has 0 aliphatic carbocycles. The molecule has 0 saturated heterocycles. The molecular weight excluding hydrogens is 827 g/mol. The second-order valence-electron chi connectivity index (χ2n) is 20.7. The summed E-state index contributed by atoms with van der Waals surface area (Å²) < 4.78 is 5.49. The van der Waals surface area contributed by atoms with Crippen LogP contribution < -0.4 is 5.32 Å². The van der Waals surface area contributed by atoms with Crippen molar-refractivity contribution in [2.24, 2.45) is 0 Å². The van der Waals surface area contributed by atoms with Gasteiger partial charge in [0.25, 0.3) is 0 Å². The molecule has 67 heavy (non-hydrogen) atoms. The van der Waals surface area contributed by atoms with Crippen LogP contribution in [0.2, 0.25) is 0 Å². The van der Waals surface area contributed by atoms with Gasteiger partial charge >= 0.3 is 5.97 Å². The van der Waals surface area contributed by atoms with E-state index in [1.54, 1.807) is 6.08 Å². The van der Waals surface area contributed by atoms with Gasteiger partial charge in [0, 0.05) is 12.8 Å². The topological polar surface area (TPSA) is 95.9 Å². The van der Waals surface area contributed by atoms with Gasteiger partial charge in [-0.05, 0) is 57.8 Å². The molecule has 1 amide bonds. The van der Waals surface area contributed by atoms with Crippen LogP contribution in [0.5, 0.6) is 0 Å². The molecule has 0 saturated carbocycles. The summed E-state index contributed by atoms with van der Waals surface area (Å²) in [7, 11) is 0. The lowest BCUT2D eigenvalue weighted by Crippen LogP contribution is -2.45. The molecule has 0 rings (SSSR count). The highest BCUT2D eigenvalue weighted by Crippen LogP contribution is 2.17. The van der Waals surface area contributed by atoms with E-state index >= 15 is 0 Å². The highest BCUT2D eigenvalue weighted by molar-refractivity contribution is 5.76. The lowest BCUT2D eigenvalue weighted by atomic mass is 10.0. The summed E-state index contributed by atoms with van der Waals surface area (Å²) in [5.41, 5.74) is 0. The van der Waals surface area contributed by atoms with Gasteiger partial charge < -0.3 is 20.3 Å². The molecule has 0 aromatic heterocycles. The van der Waals surface area contributed by atoms with Gasteiger partial charge in [-0.2, -0.15) is 0 Å². The van der Waals surface area contributed by atoms with Gasteiger partial charge in [-0.15, -0.1) is 0 Å². The number of hydrogen-bond donors (Lipinski definition) is 3. The van der Waals surface area contributed by atoms with Crippen molar-refractivity contribution in [2.75, 3.05) is 13.2 Å². The number of esters is 1. The smallest absolute Gasteiger partial charge is 0.305 e. The van der Waals surface area contributed by atoms with Crippen LogP contribution in [0, 0.1) is 0 Å². The van der Waals surface area contributed by atoms with Crippen LogP contribution in [0.25, 0.3) is 0 Å². The van der Waals surface area contributed by atoms with Crippen LogP contribution in [0.4, 0.5) is 0 Å². The van der Waals surface area contributed by atoms with Crippen molar-refractivity contribution >= 4 is 11.9 Å². The molecule has 0 bridgehead atoms. The Morgan fingerprint density at radius 3 is 1.06 bits per heavy atom. The van der Waals surface area contributed by atoms with Gasteiger partial charge in [-0.25, -0.2) is 0 Å². The van der Waals surface area contributed by atoms with Gasteiger partial charge in [0.15, 0.2) is 0 Å². The van der Waals surface area contributed by atoms with Crippen molar-refractivity contribution < 1.29 is 24.5 Å². The molecule has 0 heterocycles. The lowest BCUT2D eigenvalue weighted by Gasteiger charge is -2.20. The molecule has 0 radical (unpaired) electrons. The summed E-state index contributed by atoms with van der Waals surface area (Å²) >= 11 is 0. The van der Waals surface area contributed by atoms with Crippen LogP contribution in [0.15, 0.2) is 24.3 Å². The highest BCUT2D eigenvalue weighted by Gasteiger charge is 2.18. The zero-order valence-electron chi connectivity index (χ0n) is 45.1. The quantitative estimate of drug-likeness (QED) is 0.0321. The molecule has 0 spiro atoms. The van der Waals surface area contributed by atoms with Crippen LogP contribution in [0.3, 0.4) is 0 Å². The first kappa shape index (κ1) is 65.3. The third kappa shape index (κ3) is 53.5. The second-order valence-corrected chi connectivity index (χ2v) is 20.7. The number of carbonyl (C=O) groups excluding carboxylic acids is 2. The maximum Gasteiger partial charge on any atom is 0.305 e. The van der Waals surface area contributed by atoms with Crippen LogP contribution >= 0.6 is 0 Å². The Hall–Kier alpha value is -1.66. The zero-order chi connectivity index (χ0) is 48.6. The predicted octanol–water partition coefficient (Wildman–Crippen LogP) is 18.6. The average molecular weight is 945 g/mol. The largest absolute Gasteiger partial charge is 0.466 e. The van der Waals surface area contributed by atoms with Crippen LogP contribution in [0.1, 0.15) is 328 Å². The van der Waals surface area contributed by atoms with Crippen molar-refractivity contribution in [1.82, 2.24) is 5.32 Å². The molecule has 6 heteroatoms. The molecule has 0 aliphatic rings. The fraction of sp³-hybridized carbons (Fsp3) is 0.902. The standard InChI is InChI=1S/C61H117NO5/c1-3-5-7-9-11-13-15-17-18-24-28-31-35-39-43-47-51-55-61(66)67-56-52-48-44-40-36-32-29-26-23-21-19-20-22-25-27-30-34-38-42-46-50-54-60(65)62-58(57-63)59(64)53-49-45-41-37-33-16-14-12-10-8-6-4-2/h20,22,49,53,58-59,63-64H,3-19,21,23-48,50-52,54-57H2,1-2H3,(H,62,65)/b22-20-,53-49+. The van der Waals surface area contributed by atoms with Crippen LogP contribution in [-0.2, 0) is 14.3 Å². The van der Waals surface area contributed by atoms with E-state index in [0.717, 1.165) is 44.9 Å². The number of unbranched alkanes of at least 4 members (excludes halogenated alkanes) is 43. The van der Waals surface area contributed by atoms with Crippen molar-refractivity contribution in [3.8, 4) is 0 Å². The fourth-order valence-electron chi connectivity index (χ4n) is 9.34. The van der Waals surface area contributed by atoms with E-state index in [9.17, 15) is 19.8 Å². The number of carbonyl (C=O) groups is 2. The number of nitrogens with one attached hydrogen (secondary N) is 1. The Morgan fingerprint density at radius 2 is 0.701 bits per heavy atom. The average Bonchev–Trinajstić information content (AvgIpc) is 3.33. The summed E-state index contributed by atoms with van der Waals surface area (Å²) in [4.78, 5) is 24.5. The minimum absolute atomic E-state index is 0.0116. The normalized spacial score (nSPS) is 12.7. The van der Waals surface area contributed by atoms with Crippen molar-refractivity contribution in [3.63, 3.8) is 0 Å². The molecule has 6 nitrogen and oxygen atoms in total. The number of ether oxygens (including phenoxy) is 1. The van der Waals surface area contributed by atoms with Gasteiger partial charge in [-0.1, -0.05) is 282 Å². The van der Waals surface area contributed by atoms with Crippen molar-refractivity contribution in [1.29, 1.82) is 0 Å². The highest BCUT2D eigenvalue weighted by atomic mass is 16.5. The maximum atomic E-state index is 12.4. The minimum Gasteiger partial charge on any atom is -0.466 e. The van der Waals surface area contributed by atoms with E-state index in [0.29, 0.717) is 19.4 Å². The summed E-state index contributed by atoms with van der Waals surface area (Å²) in [6.07, 6.45) is 69.3.